The summed E-state index contributed by atoms with van der Waals surface area (Å²) in [5.74, 6) is 0. The van der Waals surface area contributed by atoms with Gasteiger partial charge in [0.2, 0.25) is 0 Å². The first-order valence-corrected chi connectivity index (χ1v) is 4.16. The fourth-order valence-electron chi connectivity index (χ4n) is 1.10. The maximum atomic E-state index is 9.73. The number of likely N-dealkylation sites (N-methyl/N-ethyl adjacent to an activating group) is 1. The quantitative estimate of drug-likeness (QED) is 0.708. The second-order valence-electron chi connectivity index (χ2n) is 2.93. The molecule has 0 fully saturated rings. The molecule has 0 saturated carbocycles. The highest BCUT2D eigenvalue weighted by atomic mass is 16.3. The van der Waals surface area contributed by atoms with Crippen molar-refractivity contribution >= 4 is 0 Å². The summed E-state index contributed by atoms with van der Waals surface area (Å²) >= 11 is 0. The molecule has 1 rings (SSSR count). The van der Waals surface area contributed by atoms with Crippen LogP contribution in [0.25, 0.3) is 0 Å². The average Bonchev–Trinajstić information content (AvgIpc) is 2.17. The Hall–Kier alpha value is -0.860. The Morgan fingerprint density at radius 2 is 1.83 bits per heavy atom. The minimum Gasteiger partial charge on any atom is -0.387 e. The molecule has 1 aromatic carbocycles. The topological polar surface area (TPSA) is 32.3 Å². The lowest BCUT2D eigenvalue weighted by atomic mass is 10.0. The number of benzene rings is 1. The van der Waals surface area contributed by atoms with Gasteiger partial charge in [0.25, 0.3) is 0 Å². The monoisotopic (exact) mass is 165 g/mol. The Morgan fingerprint density at radius 3 is 2.33 bits per heavy atom. The first-order valence-electron chi connectivity index (χ1n) is 4.16. The summed E-state index contributed by atoms with van der Waals surface area (Å²) in [6, 6.07) is 9.76. The Labute approximate surface area is 73.2 Å². The molecular weight excluding hydrogens is 150 g/mol. The Balaban J connectivity index is 2.71. The van der Waals surface area contributed by atoms with Crippen LogP contribution in [0.3, 0.4) is 0 Å². The van der Waals surface area contributed by atoms with Crippen LogP contribution in [-0.2, 0) is 0 Å². The summed E-state index contributed by atoms with van der Waals surface area (Å²) in [6.45, 7) is 1.96. The van der Waals surface area contributed by atoms with E-state index in [9.17, 15) is 5.11 Å². The van der Waals surface area contributed by atoms with Crippen LogP contribution >= 0.6 is 0 Å². The van der Waals surface area contributed by atoms with Gasteiger partial charge >= 0.3 is 0 Å². The maximum absolute atomic E-state index is 9.73. The smallest absolute Gasteiger partial charge is 0.0940 e. The normalized spacial score (nSPS) is 15.6. The summed E-state index contributed by atoms with van der Waals surface area (Å²) in [5.41, 5.74) is 0.958. The largest absolute Gasteiger partial charge is 0.387 e. The van der Waals surface area contributed by atoms with Crippen molar-refractivity contribution in [2.75, 3.05) is 7.05 Å². The summed E-state index contributed by atoms with van der Waals surface area (Å²) < 4.78 is 0. The molecular formula is C10H15NO. The zero-order valence-corrected chi connectivity index (χ0v) is 7.49. The fourth-order valence-corrected chi connectivity index (χ4v) is 1.10. The van der Waals surface area contributed by atoms with Gasteiger partial charge in [-0.1, -0.05) is 30.3 Å². The van der Waals surface area contributed by atoms with E-state index in [0.717, 1.165) is 5.56 Å². The van der Waals surface area contributed by atoms with Crippen molar-refractivity contribution < 1.29 is 5.11 Å². The van der Waals surface area contributed by atoms with Crippen LogP contribution in [0.1, 0.15) is 18.6 Å². The van der Waals surface area contributed by atoms with Crippen LogP contribution in [0.5, 0.6) is 0 Å². The van der Waals surface area contributed by atoms with Crippen molar-refractivity contribution in [3.8, 4) is 0 Å². The molecule has 1 unspecified atom stereocenters. The zero-order chi connectivity index (χ0) is 8.97. The lowest BCUT2D eigenvalue weighted by Gasteiger charge is -2.17. The van der Waals surface area contributed by atoms with Crippen LogP contribution in [-0.4, -0.2) is 18.2 Å². The van der Waals surface area contributed by atoms with E-state index >= 15 is 0 Å². The van der Waals surface area contributed by atoms with Gasteiger partial charge in [-0.2, -0.15) is 0 Å². The number of hydrogen-bond donors (Lipinski definition) is 2. The van der Waals surface area contributed by atoms with E-state index in [2.05, 4.69) is 5.32 Å². The number of rotatable bonds is 3. The molecule has 0 aliphatic heterocycles. The molecule has 0 amide bonds. The molecule has 0 bridgehead atoms. The summed E-state index contributed by atoms with van der Waals surface area (Å²) in [6.07, 6.45) is -0.420. The minimum absolute atomic E-state index is 0.0902. The maximum Gasteiger partial charge on any atom is 0.0940 e. The molecule has 0 aromatic heterocycles. The summed E-state index contributed by atoms with van der Waals surface area (Å²) in [4.78, 5) is 0. The molecule has 66 valence electrons. The summed E-state index contributed by atoms with van der Waals surface area (Å²) in [7, 11) is 1.84. The SMILES string of the molecule is CNC(C)[C@H](O)c1ccccc1. The van der Waals surface area contributed by atoms with Crippen molar-refractivity contribution in [3.05, 3.63) is 35.9 Å². The molecule has 0 aliphatic rings. The van der Waals surface area contributed by atoms with E-state index in [0.29, 0.717) is 0 Å². The first kappa shape index (κ1) is 9.23. The molecule has 0 saturated heterocycles. The van der Waals surface area contributed by atoms with Gasteiger partial charge in [-0.25, -0.2) is 0 Å². The third-order valence-electron chi connectivity index (χ3n) is 2.07. The lowest BCUT2D eigenvalue weighted by molar-refractivity contribution is 0.140. The lowest BCUT2D eigenvalue weighted by Crippen LogP contribution is -2.28. The van der Waals surface area contributed by atoms with Gasteiger partial charge in [-0.05, 0) is 19.5 Å². The van der Waals surface area contributed by atoms with Gasteiger partial charge in [0.15, 0.2) is 0 Å². The molecule has 0 radical (unpaired) electrons. The molecule has 2 atom stereocenters. The van der Waals surface area contributed by atoms with Crippen LogP contribution in [0.2, 0.25) is 0 Å². The van der Waals surface area contributed by atoms with E-state index in [4.69, 9.17) is 0 Å². The number of aliphatic hydroxyl groups excluding tert-OH is 1. The third-order valence-corrected chi connectivity index (χ3v) is 2.07. The van der Waals surface area contributed by atoms with Gasteiger partial charge < -0.3 is 10.4 Å². The minimum atomic E-state index is -0.420. The summed E-state index contributed by atoms with van der Waals surface area (Å²) in [5, 5.41) is 12.7. The van der Waals surface area contributed by atoms with Gasteiger partial charge in [0.05, 0.1) is 6.10 Å². The third kappa shape index (κ3) is 2.06. The second-order valence-corrected chi connectivity index (χ2v) is 2.93. The van der Waals surface area contributed by atoms with Crippen molar-refractivity contribution in [1.82, 2.24) is 5.32 Å². The van der Waals surface area contributed by atoms with E-state index in [1.165, 1.54) is 0 Å². The predicted molar refractivity (Wildman–Crippen MR) is 49.9 cm³/mol. The number of hydrogen-bond acceptors (Lipinski definition) is 2. The van der Waals surface area contributed by atoms with Crippen LogP contribution in [0.15, 0.2) is 30.3 Å². The average molecular weight is 165 g/mol. The number of nitrogens with one attached hydrogen (secondary N) is 1. The van der Waals surface area contributed by atoms with E-state index in [-0.39, 0.29) is 6.04 Å². The highest BCUT2D eigenvalue weighted by Gasteiger charge is 2.12. The van der Waals surface area contributed by atoms with Gasteiger partial charge in [-0.15, -0.1) is 0 Å². The highest BCUT2D eigenvalue weighted by Crippen LogP contribution is 2.15. The Kier molecular flexibility index (Phi) is 3.26. The van der Waals surface area contributed by atoms with Crippen molar-refractivity contribution in [2.24, 2.45) is 0 Å². The Morgan fingerprint density at radius 1 is 1.25 bits per heavy atom. The number of aliphatic hydroxyl groups is 1. The van der Waals surface area contributed by atoms with E-state index in [1.54, 1.807) is 0 Å². The van der Waals surface area contributed by atoms with Crippen LogP contribution < -0.4 is 5.32 Å². The fraction of sp³-hybridized carbons (Fsp3) is 0.400. The molecule has 2 nitrogen and oxygen atoms in total. The van der Waals surface area contributed by atoms with Gasteiger partial charge in [0.1, 0.15) is 0 Å². The molecule has 0 spiro atoms. The van der Waals surface area contributed by atoms with Gasteiger partial charge in [0, 0.05) is 6.04 Å². The zero-order valence-electron chi connectivity index (χ0n) is 7.49. The molecule has 12 heavy (non-hydrogen) atoms. The van der Waals surface area contributed by atoms with E-state index < -0.39 is 6.10 Å². The predicted octanol–water partition coefficient (Wildman–Crippen LogP) is 1.33. The van der Waals surface area contributed by atoms with Gasteiger partial charge in [-0.3, -0.25) is 0 Å². The van der Waals surface area contributed by atoms with Crippen molar-refractivity contribution in [1.29, 1.82) is 0 Å². The van der Waals surface area contributed by atoms with E-state index in [1.807, 2.05) is 44.3 Å². The highest BCUT2D eigenvalue weighted by molar-refractivity contribution is 5.18. The van der Waals surface area contributed by atoms with Crippen LogP contribution in [0, 0.1) is 0 Å². The Bertz CT molecular complexity index is 223. The molecule has 2 N–H and O–H groups in total. The van der Waals surface area contributed by atoms with Crippen LogP contribution in [0.4, 0.5) is 0 Å². The van der Waals surface area contributed by atoms with Crippen molar-refractivity contribution in [2.45, 2.75) is 19.1 Å². The molecule has 1 aromatic rings. The molecule has 2 heteroatoms. The second kappa shape index (κ2) is 4.24. The van der Waals surface area contributed by atoms with Crippen molar-refractivity contribution in [3.63, 3.8) is 0 Å². The molecule has 0 aliphatic carbocycles. The molecule has 0 heterocycles. The first-order chi connectivity index (χ1) is 5.75. The standard InChI is InChI=1S/C10H15NO/c1-8(11-2)10(12)9-6-4-3-5-7-9/h3-8,10-12H,1-2H3/t8?,10-/m0/s1.